The van der Waals surface area contributed by atoms with E-state index in [-0.39, 0.29) is 23.9 Å². The van der Waals surface area contributed by atoms with E-state index in [1.54, 1.807) is 6.07 Å². The number of amides is 1. The largest absolute Gasteiger partial charge is 0.346 e. The van der Waals surface area contributed by atoms with Crippen LogP contribution >= 0.6 is 39.7 Å². The van der Waals surface area contributed by atoms with Crippen molar-refractivity contribution in [1.82, 2.24) is 5.32 Å². The monoisotopic (exact) mass is 312 g/mol. The van der Waals surface area contributed by atoms with Crippen molar-refractivity contribution in [3.05, 3.63) is 20.8 Å². The fourth-order valence-electron chi connectivity index (χ4n) is 0.860. The van der Waals surface area contributed by atoms with Crippen LogP contribution in [-0.2, 0) is 0 Å². The van der Waals surface area contributed by atoms with E-state index in [1.165, 1.54) is 11.3 Å². The number of hydrogen-bond acceptors (Lipinski definition) is 3. The zero-order valence-electron chi connectivity index (χ0n) is 8.54. The molecule has 0 aliphatic heterocycles. The Kier molecular flexibility index (Phi) is 5.80. The fraction of sp³-hybridized carbons (Fsp3) is 0.444. The zero-order chi connectivity index (χ0) is 10.8. The Hall–Kier alpha value is -0.100. The molecule has 0 aliphatic carbocycles. The molecule has 1 aromatic rings. The Morgan fingerprint density at radius 1 is 1.67 bits per heavy atom. The lowest BCUT2D eigenvalue weighted by atomic mass is 10.1. The molecule has 1 rings (SSSR count). The lowest BCUT2D eigenvalue weighted by molar-refractivity contribution is 0.0916. The number of carbonyl (C=O) groups excluding carboxylic acids is 1. The number of rotatable bonds is 3. The first-order valence-electron chi connectivity index (χ1n) is 4.21. The molecule has 0 aliphatic rings. The molecule has 0 radical (unpaired) electrons. The van der Waals surface area contributed by atoms with E-state index in [4.69, 9.17) is 5.73 Å². The molecular formula is C9H14BrClN2OS. The van der Waals surface area contributed by atoms with Crippen molar-refractivity contribution in [1.29, 1.82) is 0 Å². The van der Waals surface area contributed by atoms with E-state index >= 15 is 0 Å². The van der Waals surface area contributed by atoms with Crippen LogP contribution in [-0.4, -0.2) is 18.0 Å². The molecule has 0 unspecified atom stereocenters. The van der Waals surface area contributed by atoms with E-state index < -0.39 is 0 Å². The van der Waals surface area contributed by atoms with Gasteiger partial charge in [0.15, 0.2) is 0 Å². The van der Waals surface area contributed by atoms with Crippen molar-refractivity contribution in [3.8, 4) is 0 Å². The van der Waals surface area contributed by atoms with Gasteiger partial charge in [0, 0.05) is 17.5 Å². The smallest absolute Gasteiger partial charge is 0.252 e. The number of carbonyl (C=O) groups is 1. The molecule has 86 valence electrons. The highest BCUT2D eigenvalue weighted by molar-refractivity contribution is 9.11. The summed E-state index contributed by atoms with van der Waals surface area (Å²) in [5.74, 6) is -0.0811. The molecule has 0 bridgehead atoms. The van der Waals surface area contributed by atoms with Gasteiger partial charge in [-0.3, -0.25) is 4.79 Å². The third-order valence-corrected chi connectivity index (χ3v) is 3.30. The summed E-state index contributed by atoms with van der Waals surface area (Å²) in [6.45, 7) is 4.21. The van der Waals surface area contributed by atoms with Gasteiger partial charge in [0.2, 0.25) is 0 Å². The maximum absolute atomic E-state index is 11.7. The first kappa shape index (κ1) is 14.9. The highest BCUT2D eigenvalue weighted by Crippen LogP contribution is 2.20. The minimum absolute atomic E-state index is 0. The minimum Gasteiger partial charge on any atom is -0.346 e. The number of hydrogen-bond donors (Lipinski definition) is 2. The third-order valence-electron chi connectivity index (χ3n) is 1.79. The van der Waals surface area contributed by atoms with Crippen molar-refractivity contribution in [2.24, 2.45) is 5.73 Å². The van der Waals surface area contributed by atoms with Gasteiger partial charge in [-0.1, -0.05) is 0 Å². The van der Waals surface area contributed by atoms with Gasteiger partial charge in [0.25, 0.3) is 5.91 Å². The average Bonchev–Trinajstić information content (AvgIpc) is 2.51. The molecule has 1 aromatic heterocycles. The molecule has 15 heavy (non-hydrogen) atoms. The lowest BCUT2D eigenvalue weighted by Gasteiger charge is -2.23. The lowest BCUT2D eigenvalue weighted by Crippen LogP contribution is -2.48. The molecule has 1 heterocycles. The van der Waals surface area contributed by atoms with E-state index in [2.05, 4.69) is 21.2 Å². The summed E-state index contributed by atoms with van der Waals surface area (Å²) in [4.78, 5) is 11.7. The average molecular weight is 314 g/mol. The van der Waals surface area contributed by atoms with Crippen LogP contribution in [0.1, 0.15) is 24.2 Å². The standard InChI is InChI=1S/C9H13BrN2OS.ClH/c1-9(2,5-11)12-8(13)6-3-7(10)14-4-6;/h3-4H,5,11H2,1-2H3,(H,12,13);1H. The van der Waals surface area contributed by atoms with E-state index in [9.17, 15) is 4.79 Å². The van der Waals surface area contributed by atoms with Crippen LogP contribution in [0.2, 0.25) is 0 Å². The summed E-state index contributed by atoms with van der Waals surface area (Å²) < 4.78 is 0.952. The molecule has 0 atom stereocenters. The first-order valence-corrected chi connectivity index (χ1v) is 5.88. The van der Waals surface area contributed by atoms with Crippen molar-refractivity contribution < 1.29 is 4.79 Å². The molecule has 3 nitrogen and oxygen atoms in total. The highest BCUT2D eigenvalue weighted by atomic mass is 79.9. The second kappa shape index (κ2) is 5.84. The van der Waals surface area contributed by atoms with Crippen molar-refractivity contribution in [2.75, 3.05) is 6.54 Å². The van der Waals surface area contributed by atoms with Gasteiger partial charge in [0.1, 0.15) is 0 Å². The SMILES string of the molecule is CC(C)(CN)NC(=O)c1csc(Br)c1.Cl. The van der Waals surface area contributed by atoms with Gasteiger partial charge in [0.05, 0.1) is 9.35 Å². The zero-order valence-corrected chi connectivity index (χ0v) is 11.8. The molecule has 0 saturated carbocycles. The van der Waals surface area contributed by atoms with E-state index in [0.29, 0.717) is 12.1 Å². The number of nitrogens with two attached hydrogens (primary N) is 1. The normalized spacial score (nSPS) is 10.7. The molecule has 1 amide bonds. The molecule has 0 fully saturated rings. The van der Waals surface area contributed by atoms with E-state index in [0.717, 1.165) is 3.79 Å². The van der Waals surface area contributed by atoms with Crippen molar-refractivity contribution >= 4 is 45.6 Å². The van der Waals surface area contributed by atoms with Crippen molar-refractivity contribution in [2.45, 2.75) is 19.4 Å². The molecule has 0 spiro atoms. The van der Waals surface area contributed by atoms with Gasteiger partial charge in [-0.2, -0.15) is 0 Å². The van der Waals surface area contributed by atoms with Gasteiger partial charge in [-0.15, -0.1) is 23.7 Å². The van der Waals surface area contributed by atoms with Crippen LogP contribution in [0.3, 0.4) is 0 Å². The van der Waals surface area contributed by atoms with Gasteiger partial charge in [-0.25, -0.2) is 0 Å². The quantitative estimate of drug-likeness (QED) is 0.900. The number of thiophene rings is 1. The predicted octanol–water partition coefficient (Wildman–Crippen LogP) is 2.40. The summed E-state index contributed by atoms with van der Waals surface area (Å²) in [5.41, 5.74) is 5.83. The highest BCUT2D eigenvalue weighted by Gasteiger charge is 2.19. The summed E-state index contributed by atoms with van der Waals surface area (Å²) in [5, 5.41) is 4.67. The maximum Gasteiger partial charge on any atom is 0.252 e. The maximum atomic E-state index is 11.7. The summed E-state index contributed by atoms with van der Waals surface area (Å²) in [7, 11) is 0. The van der Waals surface area contributed by atoms with Crippen LogP contribution in [0, 0.1) is 0 Å². The topological polar surface area (TPSA) is 55.1 Å². The molecule has 3 N–H and O–H groups in total. The van der Waals surface area contributed by atoms with Crippen LogP contribution in [0.5, 0.6) is 0 Å². The van der Waals surface area contributed by atoms with Crippen LogP contribution in [0.15, 0.2) is 15.2 Å². The van der Waals surface area contributed by atoms with Gasteiger partial charge in [-0.05, 0) is 35.8 Å². The molecular weight excluding hydrogens is 300 g/mol. The number of nitrogens with one attached hydrogen (secondary N) is 1. The molecule has 6 heteroatoms. The Balaban J connectivity index is 0.00000196. The van der Waals surface area contributed by atoms with E-state index in [1.807, 2.05) is 19.2 Å². The Morgan fingerprint density at radius 3 is 2.67 bits per heavy atom. The fourth-order valence-corrected chi connectivity index (χ4v) is 2.00. The van der Waals surface area contributed by atoms with Crippen LogP contribution in [0.25, 0.3) is 0 Å². The Labute approximate surface area is 108 Å². The Morgan fingerprint density at radius 2 is 2.27 bits per heavy atom. The summed E-state index contributed by atoms with van der Waals surface area (Å²) in [6.07, 6.45) is 0. The third kappa shape index (κ3) is 4.51. The minimum atomic E-state index is -0.356. The van der Waals surface area contributed by atoms with Gasteiger partial charge >= 0.3 is 0 Å². The second-order valence-electron chi connectivity index (χ2n) is 3.68. The first-order chi connectivity index (χ1) is 6.44. The Bertz CT molecular complexity index is 341. The number of halogens is 2. The van der Waals surface area contributed by atoms with Crippen LogP contribution in [0.4, 0.5) is 0 Å². The van der Waals surface area contributed by atoms with Crippen LogP contribution < -0.4 is 11.1 Å². The van der Waals surface area contributed by atoms with Crippen molar-refractivity contribution in [3.63, 3.8) is 0 Å². The second-order valence-corrected chi connectivity index (χ2v) is 5.97. The molecule has 0 saturated heterocycles. The summed E-state index contributed by atoms with van der Waals surface area (Å²) in [6, 6.07) is 1.80. The predicted molar refractivity (Wildman–Crippen MR) is 69.9 cm³/mol. The molecule has 0 aromatic carbocycles. The van der Waals surface area contributed by atoms with Gasteiger partial charge < -0.3 is 11.1 Å². The summed E-state index contributed by atoms with van der Waals surface area (Å²) >= 11 is 4.80.